The van der Waals surface area contributed by atoms with Gasteiger partial charge in [-0.2, -0.15) is 0 Å². The minimum Gasteiger partial charge on any atom is -0.657 e. The molecule has 219 valence electrons. The maximum absolute atomic E-state index is 6.56. The standard InChI is InChI=1S/C36H24N8.Cu/c37-21-9-1-5-17-25-13-30-34-19(7-3-10-22(34)38)27(42-30)15-32-36-20(8-4-12-24(36)40)28(44-32)16-31-35-18(6-2-11-23(35)39)26(43-31)14-29(41-25)33(17)21;/h1-16H,37-40H2;/q-2;+2. The van der Waals surface area contributed by atoms with Crippen LogP contribution in [0.2, 0.25) is 0 Å². The van der Waals surface area contributed by atoms with Crippen LogP contribution in [0.3, 0.4) is 0 Å². The van der Waals surface area contributed by atoms with Gasteiger partial charge in [-0.15, -0.1) is 22.1 Å². The van der Waals surface area contributed by atoms with Crippen molar-refractivity contribution >= 4 is 66.4 Å². The molecule has 2 aliphatic rings. The van der Waals surface area contributed by atoms with E-state index in [1.165, 1.54) is 0 Å². The number of anilines is 4. The smallest absolute Gasteiger partial charge is 0.657 e. The van der Waals surface area contributed by atoms with Crippen molar-refractivity contribution in [2.24, 2.45) is 0 Å². The first kappa shape index (κ1) is 26.8. The largest absolute Gasteiger partial charge is 2.00 e. The zero-order valence-corrected chi connectivity index (χ0v) is 24.6. The zero-order chi connectivity index (χ0) is 29.7. The van der Waals surface area contributed by atoms with Crippen LogP contribution in [0.5, 0.6) is 0 Å². The Bertz CT molecular complexity index is 2380. The minimum atomic E-state index is 0. The molecule has 0 unspecified atom stereocenters. The number of nitrogens with two attached hydrogens (primary N) is 4. The molecular weight excluding hydrogens is 608 g/mol. The Hall–Kier alpha value is -5.76. The third-order valence-corrected chi connectivity index (χ3v) is 8.57. The number of hydrogen-bond donors (Lipinski definition) is 4. The normalized spacial score (nSPS) is 11.7. The summed E-state index contributed by atoms with van der Waals surface area (Å²) in [6.07, 6.45) is 0. The van der Waals surface area contributed by atoms with Gasteiger partial charge in [-0.25, -0.2) is 9.97 Å². The van der Waals surface area contributed by atoms with Gasteiger partial charge < -0.3 is 32.9 Å². The third kappa shape index (κ3) is 3.85. The number of hydrogen-bond acceptors (Lipinski definition) is 6. The maximum atomic E-state index is 6.56. The second-order valence-corrected chi connectivity index (χ2v) is 11.2. The van der Waals surface area contributed by atoms with Crippen LogP contribution >= 0.6 is 0 Å². The molecule has 8 nitrogen and oxygen atoms in total. The van der Waals surface area contributed by atoms with E-state index < -0.39 is 0 Å². The molecule has 9 heteroatoms. The van der Waals surface area contributed by atoms with Crippen molar-refractivity contribution < 1.29 is 17.1 Å². The fourth-order valence-corrected chi connectivity index (χ4v) is 6.64. The Morgan fingerprint density at radius 1 is 0.422 bits per heavy atom. The quantitative estimate of drug-likeness (QED) is 0.104. The third-order valence-electron chi connectivity index (χ3n) is 8.57. The van der Waals surface area contributed by atoms with Crippen LogP contribution in [0, 0.1) is 0 Å². The fourth-order valence-electron chi connectivity index (χ4n) is 6.64. The van der Waals surface area contributed by atoms with E-state index in [1.54, 1.807) is 0 Å². The van der Waals surface area contributed by atoms with E-state index in [4.69, 9.17) is 42.9 Å². The van der Waals surface area contributed by atoms with E-state index in [-0.39, 0.29) is 17.1 Å². The van der Waals surface area contributed by atoms with Crippen LogP contribution in [0.4, 0.5) is 22.7 Å². The van der Waals surface area contributed by atoms with Crippen LogP contribution in [-0.4, -0.2) is 9.97 Å². The summed E-state index contributed by atoms with van der Waals surface area (Å²) < 4.78 is 0. The summed E-state index contributed by atoms with van der Waals surface area (Å²) in [4.78, 5) is 20.4. The molecule has 0 atom stereocenters. The molecule has 7 aromatic rings. The van der Waals surface area contributed by atoms with Crippen LogP contribution in [0.15, 0.2) is 97.1 Å². The Morgan fingerprint density at radius 3 is 1.24 bits per heavy atom. The van der Waals surface area contributed by atoms with Crippen molar-refractivity contribution in [1.82, 2.24) is 19.9 Å². The van der Waals surface area contributed by atoms with Crippen LogP contribution in [0.1, 0.15) is 0 Å². The van der Waals surface area contributed by atoms with E-state index in [0.717, 1.165) is 66.2 Å². The average Bonchev–Trinajstić information content (AvgIpc) is 3.74. The molecule has 0 spiro atoms. The summed E-state index contributed by atoms with van der Waals surface area (Å²) in [5, 5.41) is 3.54. The van der Waals surface area contributed by atoms with Gasteiger partial charge in [-0.3, -0.25) is 0 Å². The number of nitrogens with zero attached hydrogens (tertiary/aromatic N) is 4. The molecule has 3 aromatic heterocycles. The van der Waals surface area contributed by atoms with Gasteiger partial charge in [0, 0.05) is 45.0 Å². The second-order valence-electron chi connectivity index (χ2n) is 11.2. The van der Waals surface area contributed by atoms with Crippen molar-refractivity contribution in [3.63, 3.8) is 0 Å². The van der Waals surface area contributed by atoms with Crippen molar-refractivity contribution in [1.29, 1.82) is 0 Å². The van der Waals surface area contributed by atoms with Crippen molar-refractivity contribution in [2.45, 2.75) is 0 Å². The molecular formula is C36H24CuN8. The van der Waals surface area contributed by atoms with Gasteiger partial charge in [-0.05, 0) is 70.1 Å². The molecule has 8 bridgehead atoms. The number of benzene rings is 4. The minimum absolute atomic E-state index is 0. The summed E-state index contributed by atoms with van der Waals surface area (Å²) >= 11 is 0. The summed E-state index contributed by atoms with van der Waals surface area (Å²) in [5.74, 6) is 0. The number of rotatable bonds is 0. The van der Waals surface area contributed by atoms with Gasteiger partial charge in [0.1, 0.15) is 0 Å². The average molecular weight is 632 g/mol. The predicted octanol–water partition coefficient (Wildman–Crippen LogP) is 6.87. The van der Waals surface area contributed by atoms with E-state index >= 15 is 0 Å². The Balaban J connectivity index is 0.00000300. The first-order chi connectivity index (χ1) is 21.4. The van der Waals surface area contributed by atoms with Gasteiger partial charge in [0.15, 0.2) is 0 Å². The molecule has 0 amide bonds. The van der Waals surface area contributed by atoms with Crippen LogP contribution in [-0.2, 0) is 17.1 Å². The first-order valence-corrected chi connectivity index (χ1v) is 14.2. The van der Waals surface area contributed by atoms with E-state index in [0.29, 0.717) is 45.2 Å². The van der Waals surface area contributed by atoms with E-state index in [1.807, 2.05) is 97.1 Å². The van der Waals surface area contributed by atoms with Crippen molar-refractivity contribution in [3.8, 4) is 45.0 Å². The molecule has 5 heterocycles. The van der Waals surface area contributed by atoms with Crippen molar-refractivity contribution in [3.05, 3.63) is 97.1 Å². The fraction of sp³-hybridized carbons (Fsp3) is 0. The Morgan fingerprint density at radius 2 is 0.800 bits per heavy atom. The molecule has 2 aliphatic heterocycles. The molecule has 8 N–H and O–H groups in total. The monoisotopic (exact) mass is 631 g/mol. The van der Waals surface area contributed by atoms with Gasteiger partial charge in [0.25, 0.3) is 0 Å². The zero-order valence-electron chi connectivity index (χ0n) is 23.6. The Kier molecular flexibility index (Phi) is 5.74. The number of nitrogen functional groups attached to an aromatic ring is 4. The molecule has 0 saturated heterocycles. The molecule has 0 aliphatic carbocycles. The molecule has 1 radical (unpaired) electrons. The second kappa shape index (κ2) is 9.62. The summed E-state index contributed by atoms with van der Waals surface area (Å²) in [6.45, 7) is 0. The molecule has 0 saturated carbocycles. The van der Waals surface area contributed by atoms with E-state index in [2.05, 4.69) is 0 Å². The van der Waals surface area contributed by atoms with Gasteiger partial charge in [0.05, 0.1) is 22.8 Å². The number of fused-ring (bicyclic) bond motifs is 20. The van der Waals surface area contributed by atoms with Crippen LogP contribution < -0.4 is 32.9 Å². The van der Waals surface area contributed by atoms with Gasteiger partial charge in [-0.1, -0.05) is 48.5 Å². The van der Waals surface area contributed by atoms with Crippen LogP contribution in [0.25, 0.3) is 88.6 Å². The Labute approximate surface area is 267 Å². The van der Waals surface area contributed by atoms with Gasteiger partial charge in [0.2, 0.25) is 0 Å². The summed E-state index contributed by atoms with van der Waals surface area (Å²) in [7, 11) is 0. The molecule has 0 fully saturated rings. The number of aromatic nitrogens is 4. The molecule has 9 rings (SSSR count). The molecule has 4 aromatic carbocycles. The SMILES string of the molecule is Nc1cccc2c1-c1cc3[n-]c(cc4nc(cc5[n-]c(cc-2n1)c1c(N)cccc51)-c1c(N)cccc1-4)c1c(N)cccc31.[Cu+2]. The van der Waals surface area contributed by atoms with Crippen molar-refractivity contribution in [2.75, 3.05) is 22.9 Å². The predicted molar refractivity (Wildman–Crippen MR) is 180 cm³/mol. The maximum Gasteiger partial charge on any atom is 2.00 e. The molecule has 45 heavy (non-hydrogen) atoms. The summed E-state index contributed by atoms with van der Waals surface area (Å²) in [6, 6.07) is 31.3. The topological polar surface area (TPSA) is 158 Å². The van der Waals surface area contributed by atoms with Gasteiger partial charge >= 0.3 is 17.1 Å². The first-order valence-electron chi connectivity index (χ1n) is 14.2. The van der Waals surface area contributed by atoms with E-state index in [9.17, 15) is 0 Å². The summed E-state index contributed by atoms with van der Waals surface area (Å²) in [5.41, 5.74) is 38.2.